The van der Waals surface area contributed by atoms with Crippen molar-refractivity contribution < 1.29 is 10.2 Å². The van der Waals surface area contributed by atoms with E-state index in [-0.39, 0.29) is 0 Å². The fourth-order valence-electron chi connectivity index (χ4n) is 1.59. The quantitative estimate of drug-likeness (QED) is 0.624. The molecule has 0 spiro atoms. The van der Waals surface area contributed by atoms with E-state index in [1.54, 1.807) is 0 Å². The van der Waals surface area contributed by atoms with Crippen molar-refractivity contribution in [2.75, 3.05) is 19.6 Å². The molecular formula is C11H25NO2. The molecule has 0 aliphatic heterocycles. The van der Waals surface area contributed by atoms with Gasteiger partial charge in [-0.2, -0.15) is 0 Å². The van der Waals surface area contributed by atoms with Gasteiger partial charge in [0.1, 0.15) is 0 Å². The van der Waals surface area contributed by atoms with Crippen LogP contribution in [-0.2, 0) is 0 Å². The predicted octanol–water partition coefficient (Wildman–Crippen LogP) is 1.24. The molecule has 0 rings (SSSR count). The molecule has 0 aliphatic rings. The molecule has 86 valence electrons. The zero-order valence-electron chi connectivity index (χ0n) is 9.74. The summed E-state index contributed by atoms with van der Waals surface area (Å²) in [5.41, 5.74) is 0. The number of hydrogen-bond acceptors (Lipinski definition) is 3. The molecule has 0 fully saturated rings. The largest absolute Gasteiger partial charge is 0.390 e. The zero-order valence-corrected chi connectivity index (χ0v) is 9.74. The van der Waals surface area contributed by atoms with E-state index in [4.69, 9.17) is 0 Å². The Kier molecular flexibility index (Phi) is 8.14. The summed E-state index contributed by atoms with van der Waals surface area (Å²) in [7, 11) is 0. The molecule has 2 N–H and O–H groups in total. The van der Waals surface area contributed by atoms with Gasteiger partial charge in [0.2, 0.25) is 0 Å². The molecule has 0 aromatic heterocycles. The van der Waals surface area contributed by atoms with E-state index < -0.39 is 12.2 Å². The highest BCUT2D eigenvalue weighted by Crippen LogP contribution is 2.03. The third-order valence-electron chi connectivity index (χ3n) is 2.39. The van der Waals surface area contributed by atoms with Crippen molar-refractivity contribution in [3.8, 4) is 0 Å². The van der Waals surface area contributed by atoms with Crippen molar-refractivity contribution in [1.82, 2.24) is 4.90 Å². The highest BCUT2D eigenvalue weighted by molar-refractivity contribution is 4.70. The first-order valence-electron chi connectivity index (χ1n) is 5.74. The SMILES string of the molecule is CCCN(CCC)CC(O)C(O)CC. The Hall–Kier alpha value is -0.120. The molecule has 3 nitrogen and oxygen atoms in total. The van der Waals surface area contributed by atoms with Gasteiger partial charge in [-0.05, 0) is 32.4 Å². The van der Waals surface area contributed by atoms with Gasteiger partial charge < -0.3 is 15.1 Å². The third kappa shape index (κ3) is 5.58. The van der Waals surface area contributed by atoms with Gasteiger partial charge in [-0.3, -0.25) is 0 Å². The molecule has 0 aliphatic carbocycles. The minimum atomic E-state index is -0.599. The lowest BCUT2D eigenvalue weighted by molar-refractivity contribution is -0.00385. The minimum absolute atomic E-state index is 0.578. The van der Waals surface area contributed by atoms with Gasteiger partial charge in [-0.15, -0.1) is 0 Å². The molecule has 14 heavy (non-hydrogen) atoms. The number of rotatable bonds is 8. The van der Waals surface area contributed by atoms with E-state index in [2.05, 4.69) is 18.7 Å². The standard InChI is InChI=1S/C11H25NO2/c1-4-7-12(8-5-2)9-11(14)10(13)6-3/h10-11,13-14H,4-9H2,1-3H3. The number of nitrogens with zero attached hydrogens (tertiary/aromatic N) is 1. The van der Waals surface area contributed by atoms with Crippen LogP contribution in [0.1, 0.15) is 40.0 Å². The van der Waals surface area contributed by atoms with Crippen molar-refractivity contribution in [3.63, 3.8) is 0 Å². The van der Waals surface area contributed by atoms with Crippen LogP contribution >= 0.6 is 0 Å². The van der Waals surface area contributed by atoms with Crippen molar-refractivity contribution >= 4 is 0 Å². The summed E-state index contributed by atoms with van der Waals surface area (Å²) in [4.78, 5) is 2.21. The summed E-state index contributed by atoms with van der Waals surface area (Å²) < 4.78 is 0. The monoisotopic (exact) mass is 203 g/mol. The first-order chi connectivity index (χ1) is 6.65. The maximum absolute atomic E-state index is 9.65. The van der Waals surface area contributed by atoms with Crippen molar-refractivity contribution in [1.29, 1.82) is 0 Å². The van der Waals surface area contributed by atoms with Gasteiger partial charge in [-0.25, -0.2) is 0 Å². The van der Waals surface area contributed by atoms with Crippen molar-refractivity contribution in [2.24, 2.45) is 0 Å². The van der Waals surface area contributed by atoms with Crippen molar-refractivity contribution in [3.05, 3.63) is 0 Å². The highest BCUT2D eigenvalue weighted by atomic mass is 16.3. The van der Waals surface area contributed by atoms with Crippen molar-refractivity contribution in [2.45, 2.75) is 52.2 Å². The molecule has 2 unspecified atom stereocenters. The van der Waals surface area contributed by atoms with Crippen LogP contribution in [0.4, 0.5) is 0 Å². The molecule has 0 amide bonds. The summed E-state index contributed by atoms with van der Waals surface area (Å²) in [6, 6.07) is 0. The average molecular weight is 203 g/mol. The van der Waals surface area contributed by atoms with Gasteiger partial charge in [0.25, 0.3) is 0 Å². The molecule has 0 radical (unpaired) electrons. The molecule has 0 aromatic rings. The topological polar surface area (TPSA) is 43.7 Å². The highest BCUT2D eigenvalue weighted by Gasteiger charge is 2.17. The van der Waals surface area contributed by atoms with Crippen LogP contribution in [-0.4, -0.2) is 47.0 Å². The lowest BCUT2D eigenvalue weighted by Crippen LogP contribution is -2.39. The summed E-state index contributed by atoms with van der Waals surface area (Å²) in [6.07, 6.45) is 1.63. The van der Waals surface area contributed by atoms with Crippen LogP contribution in [0.2, 0.25) is 0 Å². The van der Waals surface area contributed by atoms with E-state index in [0.717, 1.165) is 25.9 Å². The first kappa shape index (κ1) is 13.9. The Morgan fingerprint density at radius 3 is 1.79 bits per heavy atom. The number of aliphatic hydroxyl groups is 2. The van der Waals surface area contributed by atoms with Crippen LogP contribution in [0.3, 0.4) is 0 Å². The fraction of sp³-hybridized carbons (Fsp3) is 1.00. The Morgan fingerprint density at radius 1 is 0.929 bits per heavy atom. The smallest absolute Gasteiger partial charge is 0.0925 e. The van der Waals surface area contributed by atoms with Crippen LogP contribution in [0.25, 0.3) is 0 Å². The number of aliphatic hydroxyl groups excluding tert-OH is 2. The minimum Gasteiger partial charge on any atom is -0.390 e. The molecule has 0 heterocycles. The number of hydrogen-bond donors (Lipinski definition) is 2. The normalized spacial score (nSPS) is 15.9. The molecule has 3 heteroatoms. The Bertz CT molecular complexity index is 124. The van der Waals surface area contributed by atoms with Gasteiger partial charge >= 0.3 is 0 Å². The predicted molar refractivity (Wildman–Crippen MR) is 59.3 cm³/mol. The van der Waals surface area contributed by atoms with Crippen LogP contribution in [0.5, 0.6) is 0 Å². The lowest BCUT2D eigenvalue weighted by atomic mass is 10.1. The third-order valence-corrected chi connectivity index (χ3v) is 2.39. The maximum atomic E-state index is 9.65. The molecule has 0 saturated carbocycles. The van der Waals surface area contributed by atoms with Gasteiger partial charge in [0.15, 0.2) is 0 Å². The second-order valence-corrected chi connectivity index (χ2v) is 3.84. The molecule has 0 bridgehead atoms. The average Bonchev–Trinajstić information content (AvgIpc) is 2.17. The Morgan fingerprint density at radius 2 is 1.43 bits per heavy atom. The second-order valence-electron chi connectivity index (χ2n) is 3.84. The van der Waals surface area contributed by atoms with E-state index >= 15 is 0 Å². The van der Waals surface area contributed by atoms with E-state index in [9.17, 15) is 10.2 Å². The summed E-state index contributed by atoms with van der Waals surface area (Å²) in [5.74, 6) is 0. The lowest BCUT2D eigenvalue weighted by Gasteiger charge is -2.26. The van der Waals surface area contributed by atoms with Gasteiger partial charge in [0, 0.05) is 6.54 Å². The van der Waals surface area contributed by atoms with E-state index in [1.807, 2.05) is 6.92 Å². The van der Waals surface area contributed by atoms with Gasteiger partial charge in [0.05, 0.1) is 12.2 Å². The van der Waals surface area contributed by atoms with Crippen LogP contribution in [0.15, 0.2) is 0 Å². The summed E-state index contributed by atoms with van der Waals surface area (Å²) in [5, 5.41) is 19.1. The fourth-order valence-corrected chi connectivity index (χ4v) is 1.59. The Labute approximate surface area is 87.7 Å². The summed E-state index contributed by atoms with van der Waals surface area (Å²) >= 11 is 0. The van der Waals surface area contributed by atoms with E-state index in [1.165, 1.54) is 0 Å². The maximum Gasteiger partial charge on any atom is 0.0925 e. The Balaban J connectivity index is 3.87. The zero-order chi connectivity index (χ0) is 11.0. The molecule has 0 saturated heterocycles. The first-order valence-corrected chi connectivity index (χ1v) is 5.74. The molecular weight excluding hydrogens is 178 g/mol. The van der Waals surface area contributed by atoms with Gasteiger partial charge in [-0.1, -0.05) is 20.8 Å². The molecule has 2 atom stereocenters. The van der Waals surface area contributed by atoms with Crippen LogP contribution < -0.4 is 0 Å². The van der Waals surface area contributed by atoms with E-state index in [0.29, 0.717) is 13.0 Å². The molecule has 0 aromatic carbocycles. The summed E-state index contributed by atoms with van der Waals surface area (Å²) in [6.45, 7) is 8.74. The van der Waals surface area contributed by atoms with Crippen LogP contribution in [0, 0.1) is 0 Å². The second kappa shape index (κ2) is 8.21.